The molecule has 0 spiro atoms. The van der Waals surface area contributed by atoms with E-state index in [1.165, 1.54) is 6.33 Å². The molecule has 0 aliphatic heterocycles. The molecule has 4 aromatic rings. The predicted molar refractivity (Wildman–Crippen MR) is 146 cm³/mol. The molecule has 2 aromatic carbocycles. The van der Waals surface area contributed by atoms with E-state index in [0.29, 0.717) is 17.8 Å². The topological polar surface area (TPSA) is 111 Å². The summed E-state index contributed by atoms with van der Waals surface area (Å²) in [5.41, 5.74) is 8.81. The number of ether oxygens (including phenoxy) is 1. The smallest absolute Gasteiger partial charge is 0.164 e. The molecular formula is C29H36N6O2. The Labute approximate surface area is 217 Å². The number of nitrogens with zero attached hydrogens (tertiary/aromatic N) is 4. The highest BCUT2D eigenvalue weighted by Crippen LogP contribution is 2.36. The lowest BCUT2D eigenvalue weighted by atomic mass is 9.91. The van der Waals surface area contributed by atoms with Crippen molar-refractivity contribution >= 4 is 16.9 Å². The van der Waals surface area contributed by atoms with Gasteiger partial charge in [0, 0.05) is 11.6 Å². The third-order valence-corrected chi connectivity index (χ3v) is 7.11. The van der Waals surface area contributed by atoms with Crippen molar-refractivity contribution in [2.45, 2.75) is 70.7 Å². The number of rotatable bonds is 9. The fourth-order valence-corrected chi connectivity index (χ4v) is 5.09. The Morgan fingerprint density at radius 1 is 0.973 bits per heavy atom. The number of para-hydroxylation sites is 1. The zero-order valence-electron chi connectivity index (χ0n) is 21.5. The maximum atomic E-state index is 10.4. The molecule has 2 aromatic heterocycles. The Morgan fingerprint density at radius 2 is 1.68 bits per heavy atom. The number of aliphatic hydroxyl groups is 1. The van der Waals surface area contributed by atoms with E-state index in [2.05, 4.69) is 29.1 Å². The van der Waals surface area contributed by atoms with E-state index in [0.717, 1.165) is 72.3 Å². The van der Waals surface area contributed by atoms with Crippen LogP contribution in [0.1, 0.15) is 58.4 Å². The molecule has 1 fully saturated rings. The number of fused-ring (bicyclic) bond motifs is 1. The van der Waals surface area contributed by atoms with Crippen molar-refractivity contribution in [2.75, 3.05) is 5.73 Å². The molecule has 8 nitrogen and oxygen atoms in total. The van der Waals surface area contributed by atoms with Crippen LogP contribution in [-0.4, -0.2) is 37.1 Å². The second-order valence-electron chi connectivity index (χ2n) is 10.3. The van der Waals surface area contributed by atoms with Crippen LogP contribution in [-0.2, 0) is 0 Å². The van der Waals surface area contributed by atoms with Crippen molar-refractivity contribution in [3.05, 3.63) is 60.9 Å². The second kappa shape index (κ2) is 11.3. The lowest BCUT2D eigenvalue weighted by Crippen LogP contribution is -2.41. The van der Waals surface area contributed by atoms with Gasteiger partial charge in [-0.3, -0.25) is 5.32 Å². The Kier molecular flexibility index (Phi) is 7.67. The molecule has 0 amide bonds. The summed E-state index contributed by atoms with van der Waals surface area (Å²) in [6, 6.07) is 18.1. The van der Waals surface area contributed by atoms with Gasteiger partial charge in [0.05, 0.1) is 11.4 Å². The third kappa shape index (κ3) is 5.92. The molecule has 4 N–H and O–H groups in total. The van der Waals surface area contributed by atoms with Gasteiger partial charge >= 0.3 is 0 Å². The van der Waals surface area contributed by atoms with E-state index in [-0.39, 0.29) is 6.04 Å². The number of aromatic nitrogens is 4. The first kappa shape index (κ1) is 25.2. The average Bonchev–Trinajstić information content (AvgIpc) is 3.30. The summed E-state index contributed by atoms with van der Waals surface area (Å²) in [4.78, 5) is 8.82. The highest BCUT2D eigenvalue weighted by molar-refractivity contribution is 5.98. The van der Waals surface area contributed by atoms with Crippen molar-refractivity contribution in [1.29, 1.82) is 0 Å². The minimum atomic E-state index is -0.442. The van der Waals surface area contributed by atoms with Crippen LogP contribution < -0.4 is 15.8 Å². The lowest BCUT2D eigenvalue weighted by molar-refractivity contribution is 0.0945. The van der Waals surface area contributed by atoms with Crippen LogP contribution in [0.25, 0.3) is 22.3 Å². The van der Waals surface area contributed by atoms with Gasteiger partial charge in [-0.1, -0.05) is 32.0 Å². The zero-order valence-corrected chi connectivity index (χ0v) is 21.5. The van der Waals surface area contributed by atoms with Gasteiger partial charge in [-0.2, -0.15) is 5.10 Å². The second-order valence-corrected chi connectivity index (χ2v) is 10.3. The molecule has 1 atom stereocenters. The number of anilines is 1. The minimum Gasteiger partial charge on any atom is -0.457 e. The number of aliphatic hydroxyl groups excluding tert-OH is 1. The average molecular weight is 501 g/mol. The van der Waals surface area contributed by atoms with Crippen LogP contribution in [0.4, 0.5) is 5.82 Å². The molecule has 37 heavy (non-hydrogen) atoms. The molecule has 1 unspecified atom stereocenters. The summed E-state index contributed by atoms with van der Waals surface area (Å²) < 4.78 is 7.98. The van der Waals surface area contributed by atoms with Crippen LogP contribution >= 0.6 is 0 Å². The summed E-state index contributed by atoms with van der Waals surface area (Å²) in [7, 11) is 0. The fraction of sp³-hybridized carbons (Fsp3) is 0.414. The Morgan fingerprint density at radius 3 is 2.38 bits per heavy atom. The first-order valence-corrected chi connectivity index (χ1v) is 13.2. The Bertz CT molecular complexity index is 1300. The largest absolute Gasteiger partial charge is 0.457 e. The number of hydrogen-bond acceptors (Lipinski definition) is 7. The van der Waals surface area contributed by atoms with E-state index in [1.807, 2.05) is 59.3 Å². The molecule has 1 aliphatic rings. The monoisotopic (exact) mass is 500 g/mol. The van der Waals surface area contributed by atoms with E-state index < -0.39 is 6.23 Å². The summed E-state index contributed by atoms with van der Waals surface area (Å²) in [5.74, 6) is 2.57. The van der Waals surface area contributed by atoms with E-state index in [4.69, 9.17) is 15.6 Å². The lowest BCUT2D eigenvalue weighted by Gasteiger charge is -2.31. The molecule has 0 saturated heterocycles. The maximum Gasteiger partial charge on any atom is 0.164 e. The number of benzene rings is 2. The van der Waals surface area contributed by atoms with Crippen molar-refractivity contribution in [2.24, 2.45) is 5.92 Å². The van der Waals surface area contributed by atoms with Gasteiger partial charge in [0.1, 0.15) is 35.6 Å². The third-order valence-electron chi connectivity index (χ3n) is 7.11. The number of hydrogen-bond donors (Lipinski definition) is 3. The molecule has 0 bridgehead atoms. The molecule has 0 radical (unpaired) electrons. The molecule has 1 aliphatic carbocycles. The van der Waals surface area contributed by atoms with Crippen LogP contribution in [0.15, 0.2) is 60.9 Å². The number of nitrogens with one attached hydrogen (secondary N) is 1. The minimum absolute atomic E-state index is 0.220. The van der Waals surface area contributed by atoms with Crippen molar-refractivity contribution in [3.8, 4) is 22.8 Å². The van der Waals surface area contributed by atoms with E-state index in [9.17, 15) is 5.11 Å². The summed E-state index contributed by atoms with van der Waals surface area (Å²) >= 11 is 0. The van der Waals surface area contributed by atoms with Crippen molar-refractivity contribution in [1.82, 2.24) is 25.1 Å². The normalized spacial score (nSPS) is 18.8. The summed E-state index contributed by atoms with van der Waals surface area (Å²) in [6.45, 7) is 4.37. The van der Waals surface area contributed by atoms with E-state index in [1.54, 1.807) is 0 Å². The predicted octanol–water partition coefficient (Wildman–Crippen LogP) is 5.70. The molecule has 8 heteroatoms. The molecule has 5 rings (SSSR count). The van der Waals surface area contributed by atoms with Gasteiger partial charge in [-0.05, 0) is 80.8 Å². The molecule has 1 saturated carbocycles. The first-order chi connectivity index (χ1) is 18.0. The van der Waals surface area contributed by atoms with Crippen LogP contribution in [0, 0.1) is 5.92 Å². The molecule has 194 valence electrons. The molecular weight excluding hydrogens is 464 g/mol. The highest BCUT2D eigenvalue weighted by atomic mass is 16.5. The highest BCUT2D eigenvalue weighted by Gasteiger charge is 2.27. The zero-order chi connectivity index (χ0) is 25.8. The van der Waals surface area contributed by atoms with Gasteiger partial charge in [-0.15, -0.1) is 0 Å². The van der Waals surface area contributed by atoms with Crippen molar-refractivity contribution < 1.29 is 9.84 Å². The standard InChI is InChI=1S/C29H36N6O2/c1-19(2)8-17-25(36)33-21-11-13-22(14-12-21)35-29-26(28(30)31-18-32-29)27(34-35)20-9-15-24(16-10-20)37-23-6-4-3-5-7-23/h3-7,9-10,15-16,18-19,21-22,25,33,36H,8,11-14,17H2,1-2H3,(H2,30,31,32). The fourth-order valence-electron chi connectivity index (χ4n) is 5.09. The van der Waals surface area contributed by atoms with Crippen molar-refractivity contribution in [3.63, 3.8) is 0 Å². The van der Waals surface area contributed by atoms with Crippen LogP contribution in [0.5, 0.6) is 11.5 Å². The van der Waals surface area contributed by atoms with Gasteiger partial charge in [-0.25, -0.2) is 14.6 Å². The Balaban J connectivity index is 1.33. The van der Waals surface area contributed by atoms with Gasteiger partial charge < -0.3 is 15.6 Å². The number of nitrogens with two attached hydrogens (primary N) is 1. The summed E-state index contributed by atoms with van der Waals surface area (Å²) in [6.07, 6.45) is 6.74. The SMILES string of the molecule is CC(C)CCC(O)NC1CCC(n2nc(-c3ccc(Oc4ccccc4)cc3)c3c(N)ncnc32)CC1. The van der Waals surface area contributed by atoms with Crippen LogP contribution in [0.2, 0.25) is 0 Å². The van der Waals surface area contributed by atoms with Gasteiger partial charge in [0.2, 0.25) is 0 Å². The molecule has 2 heterocycles. The number of nitrogen functional groups attached to an aromatic ring is 1. The van der Waals surface area contributed by atoms with E-state index >= 15 is 0 Å². The van der Waals surface area contributed by atoms with Gasteiger partial charge in [0.25, 0.3) is 0 Å². The Hall–Kier alpha value is -3.49. The van der Waals surface area contributed by atoms with Gasteiger partial charge in [0.15, 0.2) is 5.65 Å². The first-order valence-electron chi connectivity index (χ1n) is 13.2. The quantitative estimate of drug-likeness (QED) is 0.253. The van der Waals surface area contributed by atoms with Crippen LogP contribution in [0.3, 0.4) is 0 Å². The summed E-state index contributed by atoms with van der Waals surface area (Å²) in [5, 5.41) is 19.6. The maximum absolute atomic E-state index is 10.4.